The molecule has 0 aromatic heterocycles. The molecule has 0 spiro atoms. The van der Waals surface area contributed by atoms with Crippen LogP contribution in [-0.2, 0) is 0 Å². The van der Waals surface area contributed by atoms with Gasteiger partial charge in [-0.25, -0.2) is 0 Å². The molecule has 1 fully saturated rings. The third kappa shape index (κ3) is 1.04. The summed E-state index contributed by atoms with van der Waals surface area (Å²) in [6, 6.07) is 7.05. The van der Waals surface area contributed by atoms with Crippen molar-refractivity contribution in [3.63, 3.8) is 0 Å². The maximum Gasteiger partial charge on any atom is 0.0524 e. The highest BCUT2D eigenvalue weighted by Crippen LogP contribution is 2.41. The van der Waals surface area contributed by atoms with E-state index in [-0.39, 0.29) is 0 Å². The summed E-state index contributed by atoms with van der Waals surface area (Å²) in [5.74, 6) is 0.674. The van der Waals surface area contributed by atoms with Crippen LogP contribution in [0.4, 0.5) is 5.69 Å². The van der Waals surface area contributed by atoms with Crippen molar-refractivity contribution in [1.82, 2.24) is 5.32 Å². The maximum atomic E-state index is 3.57. The Morgan fingerprint density at radius 1 is 1.31 bits per heavy atom. The molecule has 0 saturated carbocycles. The van der Waals surface area contributed by atoms with E-state index in [2.05, 4.69) is 44.8 Å². The molecule has 2 N–H and O–H groups in total. The Hall–Kier alpha value is -0.540. The van der Waals surface area contributed by atoms with Crippen molar-refractivity contribution < 1.29 is 0 Å². The molecule has 2 atom stereocenters. The van der Waals surface area contributed by atoms with E-state index in [1.54, 1.807) is 0 Å². The molecule has 1 saturated heterocycles. The smallest absolute Gasteiger partial charge is 0.0524 e. The van der Waals surface area contributed by atoms with E-state index in [4.69, 9.17) is 0 Å². The average molecular weight is 239 g/mol. The van der Waals surface area contributed by atoms with Crippen LogP contribution in [0.15, 0.2) is 22.7 Å². The van der Waals surface area contributed by atoms with Gasteiger partial charge in [0.05, 0.1) is 5.69 Å². The van der Waals surface area contributed by atoms with E-state index in [1.807, 2.05) is 0 Å². The number of rotatable bonds is 0. The van der Waals surface area contributed by atoms with Crippen LogP contribution in [-0.4, -0.2) is 19.1 Å². The molecule has 1 aromatic carbocycles. The van der Waals surface area contributed by atoms with Crippen molar-refractivity contribution >= 4 is 21.6 Å². The summed E-state index contributed by atoms with van der Waals surface area (Å²) in [6.45, 7) is 2.20. The van der Waals surface area contributed by atoms with Gasteiger partial charge in [-0.3, -0.25) is 0 Å². The Balaban J connectivity index is 2.12. The lowest BCUT2D eigenvalue weighted by atomic mass is 9.98. The van der Waals surface area contributed by atoms with Crippen molar-refractivity contribution in [2.75, 3.05) is 18.4 Å². The van der Waals surface area contributed by atoms with Crippen LogP contribution in [0.2, 0.25) is 0 Å². The predicted octanol–water partition coefficient (Wildman–Crippen LogP) is 1.93. The van der Waals surface area contributed by atoms with Gasteiger partial charge in [0.15, 0.2) is 0 Å². The van der Waals surface area contributed by atoms with Crippen molar-refractivity contribution in [1.29, 1.82) is 0 Å². The maximum absolute atomic E-state index is 3.57. The number of nitrogens with one attached hydrogen (secondary N) is 2. The van der Waals surface area contributed by atoms with E-state index in [0.29, 0.717) is 12.0 Å². The number of benzene rings is 1. The van der Waals surface area contributed by atoms with Gasteiger partial charge in [-0.05, 0) is 27.6 Å². The average Bonchev–Trinajstić information content (AvgIpc) is 2.65. The monoisotopic (exact) mass is 238 g/mol. The van der Waals surface area contributed by atoms with Crippen molar-refractivity contribution in [3.05, 3.63) is 28.2 Å². The summed E-state index contributed by atoms with van der Waals surface area (Å²) in [5.41, 5.74) is 2.77. The van der Waals surface area contributed by atoms with E-state index >= 15 is 0 Å². The summed E-state index contributed by atoms with van der Waals surface area (Å²) in [4.78, 5) is 0. The molecule has 13 heavy (non-hydrogen) atoms. The predicted molar refractivity (Wildman–Crippen MR) is 57.2 cm³/mol. The summed E-state index contributed by atoms with van der Waals surface area (Å²) < 4.78 is 1.19. The van der Waals surface area contributed by atoms with Gasteiger partial charge in [-0.2, -0.15) is 0 Å². The van der Waals surface area contributed by atoms with Crippen LogP contribution in [0.5, 0.6) is 0 Å². The molecule has 0 aliphatic carbocycles. The van der Waals surface area contributed by atoms with E-state index < -0.39 is 0 Å². The molecule has 2 nitrogen and oxygen atoms in total. The third-order valence-electron chi connectivity index (χ3n) is 2.99. The Morgan fingerprint density at radius 2 is 2.23 bits per heavy atom. The van der Waals surface area contributed by atoms with Gasteiger partial charge in [0, 0.05) is 29.5 Å². The second kappa shape index (κ2) is 2.72. The van der Waals surface area contributed by atoms with Crippen LogP contribution in [0.1, 0.15) is 11.5 Å². The van der Waals surface area contributed by atoms with Gasteiger partial charge in [0.25, 0.3) is 0 Å². The lowest BCUT2D eigenvalue weighted by molar-refractivity contribution is 0.736. The quantitative estimate of drug-likeness (QED) is 0.722. The highest BCUT2D eigenvalue weighted by Gasteiger charge is 2.36. The molecular formula is C10H11BrN2. The first-order valence-corrected chi connectivity index (χ1v) is 5.41. The number of hydrogen-bond acceptors (Lipinski definition) is 2. The van der Waals surface area contributed by atoms with Crippen LogP contribution < -0.4 is 10.6 Å². The second-order valence-corrected chi connectivity index (χ2v) is 4.57. The zero-order chi connectivity index (χ0) is 8.84. The lowest BCUT2D eigenvalue weighted by Crippen LogP contribution is -2.20. The fourth-order valence-corrected chi connectivity index (χ4v) is 2.84. The van der Waals surface area contributed by atoms with Gasteiger partial charge < -0.3 is 10.6 Å². The minimum atomic E-state index is 0.605. The molecular weight excluding hydrogens is 228 g/mol. The standard InChI is InChI=1S/C10H11BrN2/c11-8-3-1-2-6-7-4-12-5-9(7)13-10(6)8/h1-3,7,9,12-13H,4-5H2. The Morgan fingerprint density at radius 3 is 3.15 bits per heavy atom. The Labute approximate surface area is 85.8 Å². The Kier molecular flexibility index (Phi) is 1.64. The number of fused-ring (bicyclic) bond motifs is 3. The molecule has 0 amide bonds. The van der Waals surface area contributed by atoms with Gasteiger partial charge >= 0.3 is 0 Å². The molecule has 3 heteroatoms. The molecule has 68 valence electrons. The second-order valence-electron chi connectivity index (χ2n) is 3.72. The zero-order valence-electron chi connectivity index (χ0n) is 7.18. The minimum Gasteiger partial charge on any atom is -0.379 e. The summed E-state index contributed by atoms with van der Waals surface area (Å²) in [7, 11) is 0. The highest BCUT2D eigenvalue weighted by molar-refractivity contribution is 9.10. The molecule has 2 aliphatic heterocycles. The van der Waals surface area contributed by atoms with Crippen molar-refractivity contribution in [2.45, 2.75) is 12.0 Å². The lowest BCUT2D eigenvalue weighted by Gasteiger charge is -2.06. The molecule has 3 rings (SSSR count). The Bertz CT molecular complexity index is 351. The SMILES string of the molecule is Brc1cccc2c1NC1CNCC21. The van der Waals surface area contributed by atoms with Crippen molar-refractivity contribution in [3.8, 4) is 0 Å². The first kappa shape index (κ1) is 7.83. The molecule has 0 radical (unpaired) electrons. The fourth-order valence-electron chi connectivity index (χ4n) is 2.34. The molecule has 2 aliphatic rings. The van der Waals surface area contributed by atoms with Crippen LogP contribution in [0.25, 0.3) is 0 Å². The van der Waals surface area contributed by atoms with Gasteiger partial charge in [-0.1, -0.05) is 12.1 Å². The van der Waals surface area contributed by atoms with Crippen LogP contribution in [0.3, 0.4) is 0 Å². The van der Waals surface area contributed by atoms with E-state index in [1.165, 1.54) is 15.7 Å². The summed E-state index contributed by atoms with van der Waals surface area (Å²) in [6.07, 6.45) is 0. The van der Waals surface area contributed by atoms with Gasteiger partial charge in [0.1, 0.15) is 0 Å². The number of anilines is 1. The summed E-state index contributed by atoms with van der Waals surface area (Å²) in [5, 5.41) is 6.96. The van der Waals surface area contributed by atoms with E-state index in [9.17, 15) is 0 Å². The minimum absolute atomic E-state index is 0.605. The van der Waals surface area contributed by atoms with Crippen LogP contribution >= 0.6 is 15.9 Å². The van der Waals surface area contributed by atoms with Crippen molar-refractivity contribution in [2.24, 2.45) is 0 Å². The normalized spacial score (nSPS) is 29.6. The molecule has 2 unspecified atom stereocenters. The molecule has 2 heterocycles. The third-order valence-corrected chi connectivity index (χ3v) is 3.65. The van der Waals surface area contributed by atoms with Crippen LogP contribution in [0, 0.1) is 0 Å². The molecule has 0 bridgehead atoms. The number of hydrogen-bond donors (Lipinski definition) is 2. The fraction of sp³-hybridized carbons (Fsp3) is 0.400. The first-order chi connectivity index (χ1) is 6.36. The van der Waals surface area contributed by atoms with Gasteiger partial charge in [-0.15, -0.1) is 0 Å². The molecule has 1 aromatic rings. The van der Waals surface area contributed by atoms with Gasteiger partial charge in [0.2, 0.25) is 0 Å². The van der Waals surface area contributed by atoms with E-state index in [0.717, 1.165) is 13.1 Å². The first-order valence-electron chi connectivity index (χ1n) is 4.62. The number of para-hydroxylation sites is 1. The largest absolute Gasteiger partial charge is 0.379 e. The highest BCUT2D eigenvalue weighted by atomic mass is 79.9. The topological polar surface area (TPSA) is 24.1 Å². The number of halogens is 1. The zero-order valence-corrected chi connectivity index (χ0v) is 8.76. The summed E-state index contributed by atoms with van der Waals surface area (Å²) >= 11 is 3.57.